The third kappa shape index (κ3) is 3.37. The molecule has 102 valence electrons. The number of hydrogen-bond donors (Lipinski definition) is 1. The maximum Gasteiger partial charge on any atom is 0.0819 e. The maximum atomic E-state index is 6.09. The van der Waals surface area contributed by atoms with Gasteiger partial charge >= 0.3 is 0 Å². The maximum absolute atomic E-state index is 6.09. The Morgan fingerprint density at radius 2 is 2.05 bits per heavy atom. The minimum atomic E-state index is 0.455. The van der Waals surface area contributed by atoms with Gasteiger partial charge in [-0.1, -0.05) is 43.1 Å². The molecule has 4 heteroatoms. The third-order valence-electron chi connectivity index (χ3n) is 3.02. The van der Waals surface area contributed by atoms with Crippen LogP contribution >= 0.6 is 11.6 Å². The highest BCUT2D eigenvalue weighted by Crippen LogP contribution is 2.20. The van der Waals surface area contributed by atoms with Crippen LogP contribution in [0.25, 0.3) is 5.69 Å². The fourth-order valence-electron chi connectivity index (χ4n) is 1.96. The van der Waals surface area contributed by atoms with Crippen molar-refractivity contribution in [3.8, 4) is 5.69 Å². The molecule has 0 saturated heterocycles. The van der Waals surface area contributed by atoms with Gasteiger partial charge in [-0.2, -0.15) is 5.10 Å². The summed E-state index contributed by atoms with van der Waals surface area (Å²) in [6, 6.07) is 6.83. The van der Waals surface area contributed by atoms with Crippen molar-refractivity contribution in [2.24, 2.45) is 0 Å². The molecular formula is C15H20ClN3. The van der Waals surface area contributed by atoms with Crippen molar-refractivity contribution in [1.82, 2.24) is 15.1 Å². The van der Waals surface area contributed by atoms with E-state index in [9.17, 15) is 0 Å². The molecule has 0 fully saturated rings. The molecule has 1 heterocycles. The number of halogens is 1. The number of benzene rings is 1. The van der Waals surface area contributed by atoms with E-state index in [1.807, 2.05) is 17.8 Å². The van der Waals surface area contributed by atoms with Crippen molar-refractivity contribution >= 4 is 11.6 Å². The van der Waals surface area contributed by atoms with E-state index in [1.165, 1.54) is 11.1 Å². The molecule has 1 N–H and O–H groups in total. The smallest absolute Gasteiger partial charge is 0.0819 e. The molecule has 0 radical (unpaired) electrons. The molecule has 3 nitrogen and oxygen atoms in total. The zero-order valence-corrected chi connectivity index (χ0v) is 12.6. The number of nitrogens with zero attached hydrogens (tertiary/aromatic N) is 2. The Morgan fingerprint density at radius 3 is 2.63 bits per heavy atom. The van der Waals surface area contributed by atoms with Crippen molar-refractivity contribution in [2.45, 2.75) is 40.3 Å². The SMILES string of the molecule is Cc1ccc(-n2cc(Cl)c(C)n2)c(CNC(C)C)c1. The monoisotopic (exact) mass is 277 g/mol. The largest absolute Gasteiger partial charge is 0.310 e. The van der Waals surface area contributed by atoms with E-state index in [1.54, 1.807) is 0 Å². The zero-order chi connectivity index (χ0) is 14.0. The fourth-order valence-corrected chi connectivity index (χ4v) is 2.09. The zero-order valence-electron chi connectivity index (χ0n) is 11.9. The van der Waals surface area contributed by atoms with Crippen LogP contribution in [0.15, 0.2) is 24.4 Å². The van der Waals surface area contributed by atoms with Crippen LogP contribution < -0.4 is 5.32 Å². The lowest BCUT2D eigenvalue weighted by Gasteiger charge is -2.13. The van der Waals surface area contributed by atoms with Gasteiger partial charge in [0, 0.05) is 18.8 Å². The van der Waals surface area contributed by atoms with E-state index in [0.717, 1.165) is 17.9 Å². The van der Waals surface area contributed by atoms with Crippen molar-refractivity contribution < 1.29 is 0 Å². The summed E-state index contributed by atoms with van der Waals surface area (Å²) in [5.74, 6) is 0. The first-order chi connectivity index (χ1) is 8.97. The summed E-state index contributed by atoms with van der Waals surface area (Å²) in [6.07, 6.45) is 1.86. The molecule has 0 amide bonds. The van der Waals surface area contributed by atoms with E-state index in [-0.39, 0.29) is 0 Å². The van der Waals surface area contributed by atoms with Crippen LogP contribution in [0, 0.1) is 13.8 Å². The van der Waals surface area contributed by atoms with E-state index >= 15 is 0 Å². The van der Waals surface area contributed by atoms with Crippen LogP contribution in [0.3, 0.4) is 0 Å². The highest BCUT2D eigenvalue weighted by molar-refractivity contribution is 6.31. The van der Waals surface area contributed by atoms with Crippen LogP contribution in [0.1, 0.15) is 30.7 Å². The standard InChI is InChI=1S/C15H20ClN3/c1-10(2)17-8-13-7-11(3)5-6-15(13)19-9-14(16)12(4)18-19/h5-7,9-10,17H,8H2,1-4H3. The predicted molar refractivity (Wildman–Crippen MR) is 80.0 cm³/mol. The summed E-state index contributed by atoms with van der Waals surface area (Å²) >= 11 is 6.09. The van der Waals surface area contributed by atoms with Crippen LogP contribution in [0.5, 0.6) is 0 Å². The number of nitrogens with one attached hydrogen (secondary N) is 1. The first-order valence-corrected chi connectivity index (χ1v) is 6.90. The molecule has 0 unspecified atom stereocenters. The van der Waals surface area contributed by atoms with Crippen LogP contribution in [0.4, 0.5) is 0 Å². The normalized spacial score (nSPS) is 11.3. The van der Waals surface area contributed by atoms with Gasteiger partial charge in [-0.25, -0.2) is 4.68 Å². The van der Waals surface area contributed by atoms with Crippen molar-refractivity contribution in [2.75, 3.05) is 0 Å². The Morgan fingerprint density at radius 1 is 1.32 bits per heavy atom. The number of hydrogen-bond acceptors (Lipinski definition) is 2. The number of rotatable bonds is 4. The van der Waals surface area contributed by atoms with Crippen molar-refractivity contribution in [3.05, 3.63) is 46.2 Å². The van der Waals surface area contributed by atoms with E-state index < -0.39 is 0 Å². The Bertz CT molecular complexity index is 553. The number of aryl methyl sites for hydroxylation is 2. The average molecular weight is 278 g/mol. The third-order valence-corrected chi connectivity index (χ3v) is 3.39. The Hall–Kier alpha value is -1.32. The van der Waals surface area contributed by atoms with Crippen molar-refractivity contribution in [3.63, 3.8) is 0 Å². The molecule has 1 aromatic heterocycles. The van der Waals surface area contributed by atoms with Gasteiger partial charge < -0.3 is 5.32 Å². The van der Waals surface area contributed by atoms with Gasteiger partial charge in [0.1, 0.15) is 0 Å². The van der Waals surface area contributed by atoms with E-state index in [2.05, 4.69) is 49.4 Å². The minimum Gasteiger partial charge on any atom is -0.310 e. The van der Waals surface area contributed by atoms with Crippen LogP contribution in [-0.2, 0) is 6.54 Å². The topological polar surface area (TPSA) is 29.9 Å². The van der Waals surface area contributed by atoms with Gasteiger partial charge in [-0.15, -0.1) is 0 Å². The second-order valence-electron chi connectivity index (χ2n) is 5.17. The summed E-state index contributed by atoms with van der Waals surface area (Å²) < 4.78 is 1.86. The van der Waals surface area contributed by atoms with Crippen LogP contribution in [-0.4, -0.2) is 15.8 Å². The van der Waals surface area contributed by atoms with Gasteiger partial charge in [0.15, 0.2) is 0 Å². The highest BCUT2D eigenvalue weighted by atomic mass is 35.5. The van der Waals surface area contributed by atoms with Gasteiger partial charge in [0.25, 0.3) is 0 Å². The summed E-state index contributed by atoms with van der Waals surface area (Å²) in [5.41, 5.74) is 4.41. The number of aromatic nitrogens is 2. The summed E-state index contributed by atoms with van der Waals surface area (Å²) in [6.45, 7) is 9.13. The molecule has 2 aromatic rings. The molecule has 0 atom stereocenters. The molecule has 1 aromatic carbocycles. The molecule has 0 aliphatic rings. The minimum absolute atomic E-state index is 0.455. The Labute approximate surface area is 119 Å². The van der Waals surface area contributed by atoms with E-state index in [4.69, 9.17) is 11.6 Å². The first-order valence-electron chi connectivity index (χ1n) is 6.52. The molecule has 0 saturated carbocycles. The van der Waals surface area contributed by atoms with Gasteiger partial charge in [-0.3, -0.25) is 0 Å². The lowest BCUT2D eigenvalue weighted by atomic mass is 10.1. The summed E-state index contributed by atoms with van der Waals surface area (Å²) in [7, 11) is 0. The predicted octanol–water partition coefficient (Wildman–Crippen LogP) is 3.64. The second-order valence-corrected chi connectivity index (χ2v) is 5.58. The molecular weight excluding hydrogens is 258 g/mol. The fraction of sp³-hybridized carbons (Fsp3) is 0.400. The van der Waals surface area contributed by atoms with Gasteiger partial charge in [-0.05, 0) is 25.5 Å². The lowest BCUT2D eigenvalue weighted by molar-refractivity contribution is 0.586. The van der Waals surface area contributed by atoms with Crippen molar-refractivity contribution in [1.29, 1.82) is 0 Å². The molecule has 0 bridgehead atoms. The summed E-state index contributed by atoms with van der Waals surface area (Å²) in [5, 5.41) is 8.60. The molecule has 2 rings (SSSR count). The molecule has 19 heavy (non-hydrogen) atoms. The lowest BCUT2D eigenvalue weighted by Crippen LogP contribution is -2.22. The molecule has 0 spiro atoms. The average Bonchev–Trinajstić information content (AvgIpc) is 2.67. The first kappa shape index (κ1) is 14.1. The highest BCUT2D eigenvalue weighted by Gasteiger charge is 2.09. The summed E-state index contributed by atoms with van der Waals surface area (Å²) in [4.78, 5) is 0. The van der Waals surface area contributed by atoms with E-state index in [0.29, 0.717) is 11.1 Å². The van der Waals surface area contributed by atoms with Gasteiger partial charge in [0.05, 0.1) is 16.4 Å². The van der Waals surface area contributed by atoms with Crippen LogP contribution in [0.2, 0.25) is 5.02 Å². The van der Waals surface area contributed by atoms with Gasteiger partial charge in [0.2, 0.25) is 0 Å². The molecule has 0 aliphatic heterocycles. The quantitative estimate of drug-likeness (QED) is 0.925. The molecule has 0 aliphatic carbocycles. The second kappa shape index (κ2) is 5.76. The Kier molecular flexibility index (Phi) is 4.27. The Balaban J connectivity index is 2.38.